The van der Waals surface area contributed by atoms with Crippen LogP contribution in [-0.2, 0) is 0 Å². The summed E-state index contributed by atoms with van der Waals surface area (Å²) in [7, 11) is 0. The molecular formula is C14H29N. The summed E-state index contributed by atoms with van der Waals surface area (Å²) in [5.41, 5.74) is 0.505. The Morgan fingerprint density at radius 3 is 2.13 bits per heavy atom. The summed E-state index contributed by atoms with van der Waals surface area (Å²) in [5.74, 6) is 1.80. The fourth-order valence-corrected chi connectivity index (χ4v) is 2.11. The lowest BCUT2D eigenvalue weighted by Gasteiger charge is -2.23. The van der Waals surface area contributed by atoms with E-state index in [9.17, 15) is 0 Å². The van der Waals surface area contributed by atoms with Crippen molar-refractivity contribution >= 4 is 0 Å². The van der Waals surface area contributed by atoms with Gasteiger partial charge in [0.25, 0.3) is 0 Å². The molecule has 0 aromatic rings. The van der Waals surface area contributed by atoms with Gasteiger partial charge in [0.05, 0.1) is 0 Å². The van der Waals surface area contributed by atoms with Gasteiger partial charge in [0.15, 0.2) is 0 Å². The van der Waals surface area contributed by atoms with Crippen LogP contribution < -0.4 is 5.32 Å². The minimum absolute atomic E-state index is 0.505. The minimum atomic E-state index is 0.505. The van der Waals surface area contributed by atoms with Gasteiger partial charge in [-0.1, -0.05) is 41.0 Å². The van der Waals surface area contributed by atoms with Crippen LogP contribution in [0.15, 0.2) is 0 Å². The smallest absolute Gasteiger partial charge is 0.0221 e. The Labute approximate surface area is 96.0 Å². The van der Waals surface area contributed by atoms with Gasteiger partial charge in [-0.25, -0.2) is 0 Å². The summed E-state index contributed by atoms with van der Waals surface area (Å²) in [6, 6.07) is 0.853. The Bertz CT molecular complexity index is 174. The van der Waals surface area contributed by atoms with E-state index >= 15 is 0 Å². The van der Waals surface area contributed by atoms with Crippen LogP contribution >= 0.6 is 0 Å². The van der Waals surface area contributed by atoms with Crippen LogP contribution in [0, 0.1) is 17.3 Å². The first-order valence-corrected chi connectivity index (χ1v) is 6.62. The highest BCUT2D eigenvalue weighted by atomic mass is 15.1. The van der Waals surface area contributed by atoms with E-state index in [1.807, 2.05) is 0 Å². The van der Waals surface area contributed by atoms with Crippen molar-refractivity contribution in [1.29, 1.82) is 0 Å². The van der Waals surface area contributed by atoms with Crippen LogP contribution in [0.1, 0.15) is 60.3 Å². The highest BCUT2D eigenvalue weighted by Crippen LogP contribution is 2.30. The Morgan fingerprint density at radius 1 is 1.13 bits per heavy atom. The third-order valence-electron chi connectivity index (χ3n) is 3.39. The number of nitrogens with one attached hydrogen (secondary N) is 1. The molecule has 1 aliphatic rings. The van der Waals surface area contributed by atoms with E-state index in [-0.39, 0.29) is 0 Å². The zero-order valence-electron chi connectivity index (χ0n) is 11.3. The SMILES string of the molecule is CC(C)CCC(CCC(C)(C)C)C1CN1. The predicted octanol–water partition coefficient (Wildman–Crippen LogP) is 3.84. The monoisotopic (exact) mass is 211 g/mol. The standard InChI is InChI=1S/C14H29N/c1-11(2)6-7-12(13-10-15-13)8-9-14(3,4)5/h11-13,15H,6-10H2,1-5H3. The van der Waals surface area contributed by atoms with Gasteiger partial charge >= 0.3 is 0 Å². The maximum absolute atomic E-state index is 3.49. The Kier molecular flexibility index (Phi) is 4.64. The maximum Gasteiger partial charge on any atom is 0.0221 e. The second-order valence-corrected chi connectivity index (χ2v) is 6.85. The lowest BCUT2D eigenvalue weighted by Crippen LogP contribution is -2.16. The predicted molar refractivity (Wildman–Crippen MR) is 68.0 cm³/mol. The largest absolute Gasteiger partial charge is 0.311 e. The molecule has 0 bridgehead atoms. The second-order valence-electron chi connectivity index (χ2n) is 6.85. The molecule has 0 radical (unpaired) electrons. The normalized spacial score (nSPS) is 23.2. The highest BCUT2D eigenvalue weighted by molar-refractivity contribution is 4.90. The second kappa shape index (κ2) is 5.34. The maximum atomic E-state index is 3.49. The topological polar surface area (TPSA) is 21.9 Å². The van der Waals surface area contributed by atoms with Gasteiger partial charge in [-0.2, -0.15) is 0 Å². The molecule has 0 saturated carbocycles. The first-order chi connectivity index (χ1) is 6.88. The lowest BCUT2D eigenvalue weighted by atomic mass is 9.83. The Hall–Kier alpha value is -0.0400. The quantitative estimate of drug-likeness (QED) is 0.663. The zero-order valence-corrected chi connectivity index (χ0v) is 11.3. The lowest BCUT2D eigenvalue weighted by molar-refractivity contribution is 0.300. The van der Waals surface area contributed by atoms with E-state index in [1.54, 1.807) is 0 Å². The fourth-order valence-electron chi connectivity index (χ4n) is 2.11. The van der Waals surface area contributed by atoms with Crippen LogP contribution in [0.5, 0.6) is 0 Å². The Morgan fingerprint density at radius 2 is 1.73 bits per heavy atom. The van der Waals surface area contributed by atoms with E-state index in [1.165, 1.54) is 32.2 Å². The van der Waals surface area contributed by atoms with Crippen LogP contribution in [0.25, 0.3) is 0 Å². The number of hydrogen-bond acceptors (Lipinski definition) is 1. The molecule has 1 heteroatoms. The summed E-state index contributed by atoms with van der Waals surface area (Å²) in [6.07, 6.45) is 5.60. The summed E-state index contributed by atoms with van der Waals surface area (Å²) >= 11 is 0. The molecular weight excluding hydrogens is 182 g/mol. The molecule has 1 fully saturated rings. The molecule has 90 valence electrons. The molecule has 1 heterocycles. The summed E-state index contributed by atoms with van der Waals surface area (Å²) in [6.45, 7) is 13.0. The first-order valence-electron chi connectivity index (χ1n) is 6.62. The van der Waals surface area contributed by atoms with E-state index in [2.05, 4.69) is 39.9 Å². The third kappa shape index (κ3) is 6.19. The summed E-state index contributed by atoms with van der Waals surface area (Å²) < 4.78 is 0. The van der Waals surface area contributed by atoms with Crippen LogP contribution in [0.3, 0.4) is 0 Å². The fraction of sp³-hybridized carbons (Fsp3) is 1.00. The average Bonchev–Trinajstić information content (AvgIpc) is 2.85. The molecule has 0 aliphatic carbocycles. The van der Waals surface area contributed by atoms with Crippen LogP contribution in [-0.4, -0.2) is 12.6 Å². The van der Waals surface area contributed by atoms with Crippen molar-refractivity contribution in [1.82, 2.24) is 5.32 Å². The van der Waals surface area contributed by atoms with Crippen LogP contribution in [0.2, 0.25) is 0 Å². The van der Waals surface area contributed by atoms with Gasteiger partial charge in [-0.05, 0) is 36.5 Å². The molecule has 1 rings (SSSR count). The molecule has 0 aromatic carbocycles. The van der Waals surface area contributed by atoms with E-state index in [4.69, 9.17) is 0 Å². The van der Waals surface area contributed by atoms with Gasteiger partial charge < -0.3 is 5.32 Å². The number of rotatable bonds is 6. The van der Waals surface area contributed by atoms with E-state index in [0.29, 0.717) is 5.41 Å². The molecule has 0 aromatic heterocycles. The average molecular weight is 211 g/mol. The molecule has 1 N–H and O–H groups in total. The van der Waals surface area contributed by atoms with Crippen molar-refractivity contribution in [3.63, 3.8) is 0 Å². The van der Waals surface area contributed by atoms with E-state index in [0.717, 1.165) is 17.9 Å². The molecule has 2 atom stereocenters. The van der Waals surface area contributed by atoms with Crippen molar-refractivity contribution < 1.29 is 0 Å². The van der Waals surface area contributed by atoms with Gasteiger partial charge in [-0.15, -0.1) is 0 Å². The Balaban J connectivity index is 2.25. The molecule has 0 amide bonds. The molecule has 0 spiro atoms. The summed E-state index contributed by atoms with van der Waals surface area (Å²) in [5, 5.41) is 3.49. The van der Waals surface area contributed by atoms with E-state index < -0.39 is 0 Å². The summed E-state index contributed by atoms with van der Waals surface area (Å²) in [4.78, 5) is 0. The van der Waals surface area contributed by atoms with Gasteiger partial charge in [0.2, 0.25) is 0 Å². The molecule has 1 saturated heterocycles. The zero-order chi connectivity index (χ0) is 11.5. The van der Waals surface area contributed by atoms with Gasteiger partial charge in [0, 0.05) is 12.6 Å². The van der Waals surface area contributed by atoms with Crippen molar-refractivity contribution in [2.45, 2.75) is 66.3 Å². The van der Waals surface area contributed by atoms with Gasteiger partial charge in [0.1, 0.15) is 0 Å². The molecule has 2 unspecified atom stereocenters. The minimum Gasteiger partial charge on any atom is -0.311 e. The first kappa shape index (κ1) is 13.0. The molecule has 1 aliphatic heterocycles. The van der Waals surface area contributed by atoms with Crippen molar-refractivity contribution in [2.24, 2.45) is 17.3 Å². The van der Waals surface area contributed by atoms with Crippen LogP contribution in [0.4, 0.5) is 0 Å². The molecule has 15 heavy (non-hydrogen) atoms. The highest BCUT2D eigenvalue weighted by Gasteiger charge is 2.30. The number of hydrogen-bond donors (Lipinski definition) is 1. The molecule has 1 nitrogen and oxygen atoms in total. The van der Waals surface area contributed by atoms with Crippen molar-refractivity contribution in [3.05, 3.63) is 0 Å². The third-order valence-corrected chi connectivity index (χ3v) is 3.39. The van der Waals surface area contributed by atoms with Crippen molar-refractivity contribution in [2.75, 3.05) is 6.54 Å². The van der Waals surface area contributed by atoms with Gasteiger partial charge in [-0.3, -0.25) is 0 Å². The van der Waals surface area contributed by atoms with Crippen molar-refractivity contribution in [3.8, 4) is 0 Å².